The van der Waals surface area contributed by atoms with Crippen LogP contribution in [-0.4, -0.2) is 11.0 Å². The highest BCUT2D eigenvalue weighted by Crippen LogP contribution is 2.30. The zero-order chi connectivity index (χ0) is 11.7. The third kappa shape index (κ3) is 2.32. The first-order valence-electron chi connectivity index (χ1n) is 5.57. The summed E-state index contributed by atoms with van der Waals surface area (Å²) >= 11 is 0. The Hall–Kier alpha value is -1.58. The first-order valence-corrected chi connectivity index (χ1v) is 5.57. The quantitative estimate of drug-likeness (QED) is 0.629. The summed E-state index contributed by atoms with van der Waals surface area (Å²) in [6, 6.07) is 5.64. The van der Waals surface area contributed by atoms with Crippen LogP contribution in [0.3, 0.4) is 0 Å². The maximum atomic E-state index is 10.7. The van der Waals surface area contributed by atoms with Crippen LogP contribution in [0.5, 0.6) is 0 Å². The number of non-ortho nitro benzene ring substituents is 1. The number of nitrogens with zero attached hydrogens (tertiary/aromatic N) is 1. The second-order valence-corrected chi connectivity index (χ2v) is 4.73. The van der Waals surface area contributed by atoms with E-state index in [1.165, 1.54) is 0 Å². The molecule has 2 rings (SSSR count). The topological polar surface area (TPSA) is 55.2 Å². The van der Waals surface area contributed by atoms with Gasteiger partial charge in [-0.25, -0.2) is 0 Å². The summed E-state index contributed by atoms with van der Waals surface area (Å²) in [4.78, 5) is 10.4. The Morgan fingerprint density at radius 1 is 1.38 bits per heavy atom. The third-order valence-corrected chi connectivity index (χ3v) is 3.02. The van der Waals surface area contributed by atoms with Crippen molar-refractivity contribution in [3.63, 3.8) is 0 Å². The Morgan fingerprint density at radius 3 is 2.62 bits per heavy atom. The predicted molar refractivity (Wildman–Crippen MR) is 63.6 cm³/mol. The Balaban J connectivity index is 2.11. The molecule has 0 saturated heterocycles. The van der Waals surface area contributed by atoms with Crippen LogP contribution >= 0.6 is 0 Å². The van der Waals surface area contributed by atoms with Crippen molar-refractivity contribution in [2.75, 3.05) is 5.32 Å². The molecule has 4 heteroatoms. The molecule has 0 spiro atoms. The van der Waals surface area contributed by atoms with Gasteiger partial charge in [0.1, 0.15) is 0 Å². The van der Waals surface area contributed by atoms with Crippen molar-refractivity contribution in [1.29, 1.82) is 0 Å². The highest BCUT2D eigenvalue weighted by molar-refractivity contribution is 5.54. The zero-order valence-electron chi connectivity index (χ0n) is 9.56. The highest BCUT2D eigenvalue weighted by atomic mass is 16.6. The molecule has 0 aromatic heterocycles. The standard InChI is InChI=1S/C12H16N2O2/c1-8-3-10(4-8)13-11-5-9(2)6-12(7-11)14(15)16/h5-8,10,13H,3-4H2,1-2H3. The van der Waals surface area contributed by atoms with Crippen LogP contribution in [-0.2, 0) is 0 Å². The van der Waals surface area contributed by atoms with Gasteiger partial charge in [-0.05, 0) is 37.3 Å². The lowest BCUT2D eigenvalue weighted by atomic mass is 9.82. The molecule has 0 heterocycles. The largest absolute Gasteiger partial charge is 0.382 e. The number of nitro groups is 1. The van der Waals surface area contributed by atoms with Gasteiger partial charge in [-0.15, -0.1) is 0 Å². The van der Waals surface area contributed by atoms with E-state index in [1.807, 2.05) is 13.0 Å². The second kappa shape index (κ2) is 4.12. The van der Waals surface area contributed by atoms with Gasteiger partial charge in [0, 0.05) is 23.9 Å². The lowest BCUT2D eigenvalue weighted by Gasteiger charge is -2.34. The van der Waals surface area contributed by atoms with Crippen LogP contribution in [0.2, 0.25) is 0 Å². The van der Waals surface area contributed by atoms with Crippen LogP contribution in [0.1, 0.15) is 25.3 Å². The van der Waals surface area contributed by atoms with Gasteiger partial charge in [-0.1, -0.05) is 6.92 Å². The van der Waals surface area contributed by atoms with E-state index >= 15 is 0 Å². The summed E-state index contributed by atoms with van der Waals surface area (Å²) < 4.78 is 0. The van der Waals surface area contributed by atoms with E-state index in [9.17, 15) is 10.1 Å². The van der Waals surface area contributed by atoms with Crippen LogP contribution in [0.25, 0.3) is 0 Å². The molecular weight excluding hydrogens is 204 g/mol. The number of benzene rings is 1. The molecule has 0 unspecified atom stereocenters. The van der Waals surface area contributed by atoms with Crippen LogP contribution in [0, 0.1) is 23.0 Å². The fraction of sp³-hybridized carbons (Fsp3) is 0.500. The molecule has 1 aliphatic carbocycles. The van der Waals surface area contributed by atoms with E-state index in [0.29, 0.717) is 6.04 Å². The van der Waals surface area contributed by atoms with Crippen molar-refractivity contribution in [3.8, 4) is 0 Å². The molecule has 1 aromatic rings. The van der Waals surface area contributed by atoms with Crippen molar-refractivity contribution >= 4 is 11.4 Å². The van der Waals surface area contributed by atoms with Gasteiger partial charge < -0.3 is 5.32 Å². The van der Waals surface area contributed by atoms with E-state index in [4.69, 9.17) is 0 Å². The number of aryl methyl sites for hydroxylation is 1. The van der Waals surface area contributed by atoms with Crippen molar-refractivity contribution in [2.45, 2.75) is 32.7 Å². The van der Waals surface area contributed by atoms with Crippen molar-refractivity contribution in [1.82, 2.24) is 0 Å². The minimum absolute atomic E-state index is 0.162. The first kappa shape index (κ1) is 10.9. The van der Waals surface area contributed by atoms with Crippen LogP contribution in [0.4, 0.5) is 11.4 Å². The normalized spacial score (nSPS) is 23.6. The van der Waals surface area contributed by atoms with E-state index in [2.05, 4.69) is 12.2 Å². The predicted octanol–water partition coefficient (Wildman–Crippen LogP) is 3.11. The highest BCUT2D eigenvalue weighted by Gasteiger charge is 2.25. The van der Waals surface area contributed by atoms with Gasteiger partial charge in [0.2, 0.25) is 0 Å². The van der Waals surface area contributed by atoms with Crippen LogP contribution < -0.4 is 5.32 Å². The van der Waals surface area contributed by atoms with Crippen molar-refractivity contribution < 1.29 is 4.92 Å². The third-order valence-electron chi connectivity index (χ3n) is 3.02. The molecule has 0 bridgehead atoms. The minimum Gasteiger partial charge on any atom is -0.382 e. The number of anilines is 1. The van der Waals surface area contributed by atoms with E-state index in [1.54, 1.807) is 12.1 Å². The summed E-state index contributed by atoms with van der Waals surface area (Å²) in [6.07, 6.45) is 2.31. The monoisotopic (exact) mass is 220 g/mol. The number of nitro benzene ring substituents is 1. The van der Waals surface area contributed by atoms with Crippen molar-refractivity contribution in [2.24, 2.45) is 5.92 Å². The summed E-state index contributed by atoms with van der Waals surface area (Å²) in [5.41, 5.74) is 1.95. The van der Waals surface area contributed by atoms with Gasteiger partial charge in [0.05, 0.1) is 4.92 Å². The maximum absolute atomic E-state index is 10.7. The molecule has 1 N–H and O–H groups in total. The van der Waals surface area contributed by atoms with Gasteiger partial charge in [-0.2, -0.15) is 0 Å². The first-order chi connectivity index (χ1) is 7.54. The molecule has 0 radical (unpaired) electrons. The van der Waals surface area contributed by atoms with E-state index in [0.717, 1.165) is 30.0 Å². The molecule has 1 saturated carbocycles. The summed E-state index contributed by atoms with van der Waals surface area (Å²) in [5, 5.41) is 14.0. The Labute approximate surface area is 94.8 Å². The average Bonchev–Trinajstić information content (AvgIpc) is 2.14. The van der Waals surface area contributed by atoms with Gasteiger partial charge >= 0.3 is 0 Å². The number of rotatable bonds is 3. The minimum atomic E-state index is -0.346. The summed E-state index contributed by atoms with van der Waals surface area (Å²) in [7, 11) is 0. The molecule has 0 amide bonds. The van der Waals surface area contributed by atoms with Gasteiger partial charge in [0.25, 0.3) is 5.69 Å². The maximum Gasteiger partial charge on any atom is 0.271 e. The lowest BCUT2D eigenvalue weighted by molar-refractivity contribution is -0.384. The molecule has 86 valence electrons. The molecule has 1 aliphatic rings. The second-order valence-electron chi connectivity index (χ2n) is 4.73. The fourth-order valence-electron chi connectivity index (χ4n) is 2.21. The smallest absolute Gasteiger partial charge is 0.271 e. The van der Waals surface area contributed by atoms with Gasteiger partial charge in [-0.3, -0.25) is 10.1 Å². The van der Waals surface area contributed by atoms with Crippen molar-refractivity contribution in [3.05, 3.63) is 33.9 Å². The molecule has 16 heavy (non-hydrogen) atoms. The van der Waals surface area contributed by atoms with Crippen LogP contribution in [0.15, 0.2) is 18.2 Å². The van der Waals surface area contributed by atoms with Gasteiger partial charge in [0.15, 0.2) is 0 Å². The molecule has 1 fully saturated rings. The molecule has 1 aromatic carbocycles. The molecule has 0 atom stereocenters. The molecular formula is C12H16N2O2. The summed E-state index contributed by atoms with van der Waals surface area (Å²) in [5.74, 6) is 0.775. The zero-order valence-corrected chi connectivity index (χ0v) is 9.56. The SMILES string of the molecule is Cc1cc(NC2CC(C)C2)cc([N+](=O)[O-])c1. The van der Waals surface area contributed by atoms with E-state index in [-0.39, 0.29) is 10.6 Å². The number of hydrogen-bond acceptors (Lipinski definition) is 3. The molecule has 0 aliphatic heterocycles. The fourth-order valence-corrected chi connectivity index (χ4v) is 2.21. The average molecular weight is 220 g/mol. The number of nitrogens with one attached hydrogen (secondary N) is 1. The molecule has 4 nitrogen and oxygen atoms in total. The Kier molecular flexibility index (Phi) is 2.81. The number of hydrogen-bond donors (Lipinski definition) is 1. The lowest BCUT2D eigenvalue weighted by Crippen LogP contribution is -2.33. The van der Waals surface area contributed by atoms with E-state index < -0.39 is 0 Å². The summed E-state index contributed by atoms with van der Waals surface area (Å²) in [6.45, 7) is 4.10. The Morgan fingerprint density at radius 2 is 2.06 bits per heavy atom. The Bertz CT molecular complexity index is 411.